The topological polar surface area (TPSA) is 121 Å². The Labute approximate surface area is 184 Å². The Bertz CT molecular complexity index is 1320. The van der Waals surface area contributed by atoms with Crippen LogP contribution in [-0.4, -0.2) is 61.2 Å². The molecule has 1 saturated heterocycles. The summed E-state index contributed by atoms with van der Waals surface area (Å²) >= 11 is 0. The Morgan fingerprint density at radius 3 is 2.72 bits per heavy atom. The van der Waals surface area contributed by atoms with Crippen LogP contribution in [0.15, 0.2) is 44.7 Å². The maximum Gasteiger partial charge on any atom is 0.342 e. The van der Waals surface area contributed by atoms with Gasteiger partial charge in [0.25, 0.3) is 5.56 Å². The molecule has 0 bridgehead atoms. The van der Waals surface area contributed by atoms with Crippen LogP contribution in [-0.2, 0) is 26.0 Å². The molecular formula is C21H23N3O7S. The van der Waals surface area contributed by atoms with Crippen LogP contribution < -0.4 is 5.56 Å². The second-order valence-corrected chi connectivity index (χ2v) is 9.21. The minimum Gasteiger partial charge on any atom is -0.462 e. The molecule has 1 aliphatic rings. The second-order valence-electron chi connectivity index (χ2n) is 7.28. The SMILES string of the molecule is CCOC(=O)c1c(C)oc2ncn(Cc3cccc(S(=O)(=O)N4CCOCC4)c3)c(=O)c12. The van der Waals surface area contributed by atoms with E-state index in [-0.39, 0.29) is 40.5 Å². The number of carbonyl (C=O) groups is 1. The summed E-state index contributed by atoms with van der Waals surface area (Å²) in [4.78, 5) is 29.7. The zero-order chi connectivity index (χ0) is 22.9. The Hall–Kier alpha value is -3.02. The van der Waals surface area contributed by atoms with E-state index in [1.807, 2.05) is 0 Å². The van der Waals surface area contributed by atoms with Gasteiger partial charge in [0, 0.05) is 13.1 Å². The quantitative estimate of drug-likeness (QED) is 0.507. The van der Waals surface area contributed by atoms with Gasteiger partial charge in [0.15, 0.2) is 0 Å². The number of furan rings is 1. The van der Waals surface area contributed by atoms with Crippen LogP contribution in [0.3, 0.4) is 0 Å². The monoisotopic (exact) mass is 461 g/mol. The molecule has 4 rings (SSSR count). The second kappa shape index (κ2) is 8.85. The number of rotatable bonds is 6. The Morgan fingerprint density at radius 1 is 1.25 bits per heavy atom. The first-order chi connectivity index (χ1) is 15.3. The highest BCUT2D eigenvalue weighted by Gasteiger charge is 2.27. The van der Waals surface area contributed by atoms with E-state index in [1.165, 1.54) is 27.3 Å². The molecule has 0 atom stereocenters. The van der Waals surface area contributed by atoms with Crippen LogP contribution in [0.25, 0.3) is 11.1 Å². The number of hydrogen-bond donors (Lipinski definition) is 0. The standard InChI is InChI=1S/C21H23N3O7S/c1-3-30-21(26)17-14(2)31-19-18(17)20(25)23(13-22-19)12-15-5-4-6-16(11-15)32(27,28)24-7-9-29-10-8-24/h4-6,11,13H,3,7-10,12H2,1-2H3. The van der Waals surface area contributed by atoms with Gasteiger partial charge >= 0.3 is 5.97 Å². The Balaban J connectivity index is 1.69. The first kappa shape index (κ1) is 22.2. The van der Waals surface area contributed by atoms with Crippen LogP contribution in [0.1, 0.15) is 28.6 Å². The van der Waals surface area contributed by atoms with Gasteiger partial charge in [-0.2, -0.15) is 4.31 Å². The molecule has 1 aliphatic heterocycles. The zero-order valence-electron chi connectivity index (χ0n) is 17.7. The van der Waals surface area contributed by atoms with E-state index in [0.717, 1.165) is 0 Å². The van der Waals surface area contributed by atoms with Gasteiger partial charge in [0.1, 0.15) is 23.0 Å². The first-order valence-electron chi connectivity index (χ1n) is 10.2. The average molecular weight is 461 g/mol. The van der Waals surface area contributed by atoms with Crippen molar-refractivity contribution in [3.8, 4) is 0 Å². The van der Waals surface area contributed by atoms with Gasteiger partial charge in [0.05, 0.1) is 31.3 Å². The van der Waals surface area contributed by atoms with E-state index in [4.69, 9.17) is 13.9 Å². The summed E-state index contributed by atoms with van der Waals surface area (Å²) in [5, 5.41) is 0.0422. The normalized spacial score (nSPS) is 15.2. The summed E-state index contributed by atoms with van der Waals surface area (Å²) in [6, 6.07) is 6.42. The van der Waals surface area contributed by atoms with E-state index in [1.54, 1.807) is 26.0 Å². The minimum absolute atomic E-state index is 0.0422. The predicted octanol–water partition coefficient (Wildman–Crippen LogP) is 1.54. The number of hydrogen-bond acceptors (Lipinski definition) is 8. The molecule has 1 aromatic carbocycles. The van der Waals surface area contributed by atoms with E-state index in [9.17, 15) is 18.0 Å². The smallest absolute Gasteiger partial charge is 0.342 e. The Morgan fingerprint density at radius 2 is 2.00 bits per heavy atom. The van der Waals surface area contributed by atoms with Crippen molar-refractivity contribution in [2.45, 2.75) is 25.3 Å². The molecule has 0 spiro atoms. The lowest BCUT2D eigenvalue weighted by Gasteiger charge is -2.26. The van der Waals surface area contributed by atoms with Crippen molar-refractivity contribution in [2.24, 2.45) is 0 Å². The number of carbonyl (C=O) groups excluding carboxylic acids is 1. The third-order valence-corrected chi connectivity index (χ3v) is 7.09. The molecule has 0 radical (unpaired) electrons. The molecule has 3 aromatic rings. The predicted molar refractivity (Wildman–Crippen MR) is 114 cm³/mol. The van der Waals surface area contributed by atoms with Gasteiger partial charge in [-0.3, -0.25) is 9.36 Å². The van der Waals surface area contributed by atoms with E-state index in [2.05, 4.69) is 4.98 Å². The number of sulfonamides is 1. The number of aromatic nitrogens is 2. The van der Waals surface area contributed by atoms with Gasteiger partial charge in [-0.25, -0.2) is 18.2 Å². The third kappa shape index (κ3) is 4.06. The molecule has 0 unspecified atom stereocenters. The van der Waals surface area contributed by atoms with Crippen molar-refractivity contribution in [3.63, 3.8) is 0 Å². The molecule has 0 aliphatic carbocycles. The lowest BCUT2D eigenvalue weighted by molar-refractivity contribution is 0.0526. The fourth-order valence-corrected chi connectivity index (χ4v) is 5.11. The molecule has 0 saturated carbocycles. The fourth-order valence-electron chi connectivity index (χ4n) is 3.64. The number of aryl methyl sites for hydroxylation is 1. The van der Waals surface area contributed by atoms with Gasteiger partial charge < -0.3 is 13.9 Å². The minimum atomic E-state index is -3.67. The highest BCUT2D eigenvalue weighted by molar-refractivity contribution is 7.89. The van der Waals surface area contributed by atoms with Crippen LogP contribution >= 0.6 is 0 Å². The maximum atomic E-state index is 13.1. The third-order valence-electron chi connectivity index (χ3n) is 5.19. The molecule has 3 heterocycles. The van der Waals surface area contributed by atoms with Crippen molar-refractivity contribution in [1.82, 2.24) is 13.9 Å². The molecule has 32 heavy (non-hydrogen) atoms. The zero-order valence-corrected chi connectivity index (χ0v) is 18.6. The average Bonchev–Trinajstić information content (AvgIpc) is 3.13. The summed E-state index contributed by atoms with van der Waals surface area (Å²) in [5.74, 6) is -0.404. The largest absolute Gasteiger partial charge is 0.462 e. The molecule has 2 aromatic heterocycles. The fraction of sp³-hybridized carbons (Fsp3) is 0.381. The van der Waals surface area contributed by atoms with E-state index >= 15 is 0 Å². The summed E-state index contributed by atoms with van der Waals surface area (Å²) in [6.45, 7) is 4.76. The van der Waals surface area contributed by atoms with E-state index < -0.39 is 21.6 Å². The molecule has 10 nitrogen and oxygen atoms in total. The van der Waals surface area contributed by atoms with Crippen molar-refractivity contribution in [2.75, 3.05) is 32.9 Å². The van der Waals surface area contributed by atoms with Gasteiger partial charge in [-0.1, -0.05) is 12.1 Å². The first-order valence-corrected chi connectivity index (χ1v) is 11.6. The summed E-state index contributed by atoms with van der Waals surface area (Å²) in [5.41, 5.74) is 0.227. The number of ether oxygens (including phenoxy) is 2. The highest BCUT2D eigenvalue weighted by atomic mass is 32.2. The van der Waals surface area contributed by atoms with Gasteiger partial charge in [-0.05, 0) is 31.5 Å². The number of esters is 1. The van der Waals surface area contributed by atoms with Gasteiger partial charge in [-0.15, -0.1) is 0 Å². The van der Waals surface area contributed by atoms with Crippen LogP contribution in [0, 0.1) is 6.92 Å². The highest BCUT2D eigenvalue weighted by Crippen LogP contribution is 2.22. The number of benzene rings is 1. The molecule has 1 fully saturated rings. The van der Waals surface area contributed by atoms with Crippen LogP contribution in [0.2, 0.25) is 0 Å². The molecule has 0 N–H and O–H groups in total. The van der Waals surface area contributed by atoms with Crippen molar-refractivity contribution in [1.29, 1.82) is 0 Å². The number of morpholine rings is 1. The van der Waals surface area contributed by atoms with Gasteiger partial charge in [0.2, 0.25) is 15.7 Å². The number of fused-ring (bicyclic) bond motifs is 1. The summed E-state index contributed by atoms with van der Waals surface area (Å²) < 4.78 is 44.3. The lowest BCUT2D eigenvalue weighted by Crippen LogP contribution is -2.40. The van der Waals surface area contributed by atoms with Crippen LogP contribution in [0.4, 0.5) is 0 Å². The molecule has 11 heteroatoms. The van der Waals surface area contributed by atoms with E-state index in [0.29, 0.717) is 31.9 Å². The number of nitrogens with zero attached hydrogens (tertiary/aromatic N) is 3. The summed E-state index contributed by atoms with van der Waals surface area (Å²) in [6.07, 6.45) is 1.31. The van der Waals surface area contributed by atoms with Crippen molar-refractivity contribution < 1.29 is 27.1 Å². The molecular weight excluding hydrogens is 438 g/mol. The summed E-state index contributed by atoms with van der Waals surface area (Å²) in [7, 11) is -3.67. The maximum absolute atomic E-state index is 13.1. The van der Waals surface area contributed by atoms with Crippen molar-refractivity contribution >= 4 is 27.1 Å². The Kier molecular flexibility index (Phi) is 6.13. The molecule has 170 valence electrons. The molecule has 0 amide bonds. The lowest BCUT2D eigenvalue weighted by atomic mass is 10.2. The van der Waals surface area contributed by atoms with Crippen molar-refractivity contribution in [3.05, 3.63) is 57.8 Å². The van der Waals surface area contributed by atoms with Crippen LogP contribution in [0.5, 0.6) is 0 Å².